The number of hydrogen-bond donors (Lipinski definition) is 1. The van der Waals surface area contributed by atoms with Crippen molar-refractivity contribution >= 4 is 12.1 Å². The number of ether oxygens (including phenoxy) is 3. The topological polar surface area (TPSA) is 85.3 Å². The molecule has 2 rings (SSSR count). The van der Waals surface area contributed by atoms with E-state index >= 15 is 0 Å². The number of hydrogen-bond acceptors (Lipinski definition) is 5. The van der Waals surface area contributed by atoms with Gasteiger partial charge in [-0.3, -0.25) is 4.90 Å². The molecule has 2 aliphatic rings. The van der Waals surface area contributed by atoms with E-state index in [1.54, 1.807) is 20.8 Å². The Morgan fingerprint density at radius 2 is 1.90 bits per heavy atom. The van der Waals surface area contributed by atoms with E-state index in [1.165, 1.54) is 4.90 Å². The Labute approximate surface area is 117 Å². The van der Waals surface area contributed by atoms with E-state index in [-0.39, 0.29) is 13.0 Å². The number of rotatable bonds is 1. The molecule has 1 amide bonds. The van der Waals surface area contributed by atoms with Gasteiger partial charge in [-0.05, 0) is 27.2 Å². The van der Waals surface area contributed by atoms with Gasteiger partial charge in [0.15, 0.2) is 5.79 Å². The van der Waals surface area contributed by atoms with Crippen molar-refractivity contribution in [2.45, 2.75) is 51.0 Å². The van der Waals surface area contributed by atoms with Crippen LogP contribution in [0.3, 0.4) is 0 Å². The fraction of sp³-hybridized carbons (Fsp3) is 0.846. The zero-order valence-electron chi connectivity index (χ0n) is 12.0. The molecular weight excluding hydrogens is 266 g/mol. The second-order valence-electron chi connectivity index (χ2n) is 6.13. The van der Waals surface area contributed by atoms with Gasteiger partial charge in [0.1, 0.15) is 11.6 Å². The molecule has 0 saturated carbocycles. The van der Waals surface area contributed by atoms with E-state index in [0.29, 0.717) is 13.2 Å². The van der Waals surface area contributed by atoms with Crippen LogP contribution in [0.2, 0.25) is 0 Å². The first kappa shape index (κ1) is 15.1. The third-order valence-corrected chi connectivity index (χ3v) is 3.22. The number of aliphatic carboxylic acids is 1. The van der Waals surface area contributed by atoms with Crippen LogP contribution < -0.4 is 0 Å². The van der Waals surface area contributed by atoms with Gasteiger partial charge in [0.2, 0.25) is 0 Å². The molecule has 0 unspecified atom stereocenters. The molecule has 1 spiro atoms. The van der Waals surface area contributed by atoms with Crippen molar-refractivity contribution in [3.8, 4) is 0 Å². The summed E-state index contributed by atoms with van der Waals surface area (Å²) in [6, 6.07) is -0.983. The van der Waals surface area contributed by atoms with Crippen molar-refractivity contribution in [2.24, 2.45) is 0 Å². The van der Waals surface area contributed by atoms with Gasteiger partial charge >= 0.3 is 12.1 Å². The summed E-state index contributed by atoms with van der Waals surface area (Å²) in [5.41, 5.74) is -0.676. The van der Waals surface area contributed by atoms with Gasteiger partial charge in [0, 0.05) is 6.42 Å². The van der Waals surface area contributed by atoms with Crippen molar-refractivity contribution < 1.29 is 28.9 Å². The highest BCUT2D eigenvalue weighted by molar-refractivity contribution is 5.81. The SMILES string of the molecule is CC(C)(C)OC(=O)N1CC2(C[C@H]1C(=O)O)OCCCO2. The normalized spacial score (nSPS) is 25.8. The Balaban J connectivity index is 2.13. The van der Waals surface area contributed by atoms with Crippen LogP contribution in [0.4, 0.5) is 4.79 Å². The average molecular weight is 287 g/mol. The lowest BCUT2D eigenvalue weighted by atomic mass is 10.1. The fourth-order valence-corrected chi connectivity index (χ4v) is 2.40. The molecule has 0 bridgehead atoms. The molecular formula is C13H21NO6. The summed E-state index contributed by atoms with van der Waals surface area (Å²) in [5.74, 6) is -2.08. The van der Waals surface area contributed by atoms with Gasteiger partial charge in [-0.1, -0.05) is 0 Å². The molecule has 0 aliphatic carbocycles. The van der Waals surface area contributed by atoms with E-state index in [4.69, 9.17) is 14.2 Å². The quantitative estimate of drug-likeness (QED) is 0.780. The predicted molar refractivity (Wildman–Crippen MR) is 68.2 cm³/mol. The molecule has 7 heteroatoms. The first-order valence-corrected chi connectivity index (χ1v) is 6.73. The predicted octanol–water partition coefficient (Wildman–Crippen LogP) is 1.21. The number of carbonyl (C=O) groups excluding carboxylic acids is 1. The number of carboxylic acids is 1. The summed E-state index contributed by atoms with van der Waals surface area (Å²) in [5, 5.41) is 9.28. The van der Waals surface area contributed by atoms with Crippen LogP contribution in [0, 0.1) is 0 Å². The Hall–Kier alpha value is -1.34. The Morgan fingerprint density at radius 3 is 2.40 bits per heavy atom. The van der Waals surface area contributed by atoms with Gasteiger partial charge < -0.3 is 19.3 Å². The van der Waals surface area contributed by atoms with Crippen LogP contribution in [-0.4, -0.2) is 59.3 Å². The van der Waals surface area contributed by atoms with E-state index in [9.17, 15) is 14.7 Å². The zero-order chi connectivity index (χ0) is 15.0. The van der Waals surface area contributed by atoms with Crippen LogP contribution in [-0.2, 0) is 19.0 Å². The molecule has 7 nitrogen and oxygen atoms in total. The standard InChI is InChI=1S/C13H21NO6/c1-12(2,3)20-11(17)14-8-13(7-9(14)10(15)16)18-5-4-6-19-13/h9H,4-8H2,1-3H3,(H,15,16)/t9-/m0/s1. The smallest absolute Gasteiger partial charge is 0.411 e. The van der Waals surface area contributed by atoms with Crippen molar-refractivity contribution in [3.05, 3.63) is 0 Å². The maximum Gasteiger partial charge on any atom is 0.411 e. The highest BCUT2D eigenvalue weighted by atomic mass is 16.7. The zero-order valence-corrected chi connectivity index (χ0v) is 12.0. The molecule has 2 aliphatic heterocycles. The summed E-state index contributed by atoms with van der Waals surface area (Å²) >= 11 is 0. The molecule has 0 radical (unpaired) electrons. The highest BCUT2D eigenvalue weighted by Gasteiger charge is 2.52. The molecule has 2 saturated heterocycles. The maximum absolute atomic E-state index is 12.1. The van der Waals surface area contributed by atoms with Crippen LogP contribution in [0.25, 0.3) is 0 Å². The van der Waals surface area contributed by atoms with E-state index in [1.807, 2.05) is 0 Å². The maximum atomic E-state index is 12.1. The minimum absolute atomic E-state index is 0.0822. The Kier molecular flexibility index (Phi) is 3.93. The van der Waals surface area contributed by atoms with Gasteiger partial charge in [-0.25, -0.2) is 9.59 Å². The van der Waals surface area contributed by atoms with Crippen molar-refractivity contribution in [2.75, 3.05) is 19.8 Å². The summed E-state index contributed by atoms with van der Waals surface area (Å²) < 4.78 is 16.4. The summed E-state index contributed by atoms with van der Waals surface area (Å²) in [7, 11) is 0. The van der Waals surface area contributed by atoms with Crippen LogP contribution in [0.1, 0.15) is 33.6 Å². The fourth-order valence-electron chi connectivity index (χ4n) is 2.40. The third kappa shape index (κ3) is 3.21. The van der Waals surface area contributed by atoms with Crippen molar-refractivity contribution in [1.29, 1.82) is 0 Å². The monoisotopic (exact) mass is 287 g/mol. The van der Waals surface area contributed by atoms with Crippen LogP contribution in [0.15, 0.2) is 0 Å². The molecule has 1 N–H and O–H groups in total. The number of carbonyl (C=O) groups is 2. The lowest BCUT2D eigenvalue weighted by Gasteiger charge is -2.33. The Bertz CT molecular complexity index is 396. The number of likely N-dealkylation sites (tertiary alicyclic amines) is 1. The molecule has 114 valence electrons. The largest absolute Gasteiger partial charge is 0.480 e. The number of nitrogens with zero attached hydrogens (tertiary/aromatic N) is 1. The first-order chi connectivity index (χ1) is 9.22. The Morgan fingerprint density at radius 1 is 1.30 bits per heavy atom. The minimum atomic E-state index is -1.08. The average Bonchev–Trinajstić information content (AvgIpc) is 2.68. The molecule has 0 aromatic heterocycles. The lowest BCUT2D eigenvalue weighted by molar-refractivity contribution is -0.257. The molecule has 1 atom stereocenters. The van der Waals surface area contributed by atoms with Gasteiger partial charge in [-0.15, -0.1) is 0 Å². The first-order valence-electron chi connectivity index (χ1n) is 6.73. The van der Waals surface area contributed by atoms with Crippen LogP contribution >= 0.6 is 0 Å². The second kappa shape index (κ2) is 5.21. The van der Waals surface area contributed by atoms with Gasteiger partial charge in [0.25, 0.3) is 0 Å². The summed E-state index contributed by atoms with van der Waals surface area (Å²) in [6.07, 6.45) is 0.243. The second-order valence-corrected chi connectivity index (χ2v) is 6.13. The molecule has 20 heavy (non-hydrogen) atoms. The molecule has 0 aromatic carbocycles. The number of amides is 1. The summed E-state index contributed by atoms with van der Waals surface area (Å²) in [4.78, 5) is 24.7. The van der Waals surface area contributed by atoms with Crippen molar-refractivity contribution in [1.82, 2.24) is 4.90 Å². The molecule has 0 aromatic rings. The molecule has 2 fully saturated rings. The van der Waals surface area contributed by atoms with Crippen LogP contribution in [0.5, 0.6) is 0 Å². The van der Waals surface area contributed by atoms with Crippen molar-refractivity contribution in [3.63, 3.8) is 0 Å². The van der Waals surface area contributed by atoms with E-state index < -0.39 is 29.5 Å². The summed E-state index contributed by atoms with van der Waals surface area (Å²) in [6.45, 7) is 6.31. The minimum Gasteiger partial charge on any atom is -0.480 e. The van der Waals surface area contributed by atoms with E-state index in [2.05, 4.69) is 0 Å². The molecule has 2 heterocycles. The van der Waals surface area contributed by atoms with Gasteiger partial charge in [0.05, 0.1) is 19.8 Å². The number of carboxylic acid groups (broad SMARTS) is 1. The van der Waals surface area contributed by atoms with E-state index in [0.717, 1.165) is 6.42 Å². The highest BCUT2D eigenvalue weighted by Crippen LogP contribution is 2.35. The van der Waals surface area contributed by atoms with Gasteiger partial charge in [-0.2, -0.15) is 0 Å². The third-order valence-electron chi connectivity index (χ3n) is 3.22. The lowest BCUT2D eigenvalue weighted by Crippen LogP contribution is -2.46.